The number of rotatable bonds is 2. The molecule has 0 spiro atoms. The monoisotopic (exact) mass is 291 g/mol. The van der Waals surface area contributed by atoms with Crippen molar-refractivity contribution in [2.24, 2.45) is 5.92 Å². The molecule has 1 saturated heterocycles. The number of benzene rings is 2. The van der Waals surface area contributed by atoms with Crippen molar-refractivity contribution in [2.75, 3.05) is 18.1 Å². The molecule has 0 saturated carbocycles. The van der Waals surface area contributed by atoms with Gasteiger partial charge < -0.3 is 10.7 Å². The SMILES string of the molecule is Cc1ccc(C2C3CNCC=C3NN2c2ccccc2)cc1. The van der Waals surface area contributed by atoms with Gasteiger partial charge in [0.15, 0.2) is 0 Å². The molecule has 2 atom stereocenters. The molecule has 112 valence electrons. The summed E-state index contributed by atoms with van der Waals surface area (Å²) in [6, 6.07) is 19.8. The molecule has 0 amide bonds. The molecule has 1 fully saturated rings. The van der Waals surface area contributed by atoms with Crippen LogP contribution in [0.1, 0.15) is 17.2 Å². The van der Waals surface area contributed by atoms with Crippen molar-refractivity contribution in [1.29, 1.82) is 0 Å². The first-order valence-electron chi connectivity index (χ1n) is 7.91. The molecule has 2 unspecified atom stereocenters. The minimum absolute atomic E-state index is 0.321. The third kappa shape index (κ3) is 2.28. The summed E-state index contributed by atoms with van der Waals surface area (Å²) in [7, 11) is 0. The smallest absolute Gasteiger partial charge is 0.0849 e. The van der Waals surface area contributed by atoms with E-state index in [1.54, 1.807) is 0 Å². The molecule has 2 heterocycles. The van der Waals surface area contributed by atoms with Crippen LogP contribution in [0.2, 0.25) is 0 Å². The van der Waals surface area contributed by atoms with Gasteiger partial charge in [0.05, 0.1) is 11.7 Å². The quantitative estimate of drug-likeness (QED) is 0.890. The van der Waals surface area contributed by atoms with Gasteiger partial charge in [-0.25, -0.2) is 0 Å². The fourth-order valence-electron chi connectivity index (χ4n) is 3.44. The van der Waals surface area contributed by atoms with Crippen LogP contribution in [0.3, 0.4) is 0 Å². The van der Waals surface area contributed by atoms with Crippen molar-refractivity contribution < 1.29 is 0 Å². The summed E-state index contributed by atoms with van der Waals surface area (Å²) in [4.78, 5) is 0. The maximum absolute atomic E-state index is 3.63. The van der Waals surface area contributed by atoms with E-state index in [2.05, 4.69) is 83.3 Å². The van der Waals surface area contributed by atoms with Gasteiger partial charge in [0.25, 0.3) is 0 Å². The van der Waals surface area contributed by atoms with Crippen LogP contribution in [0, 0.1) is 12.8 Å². The molecule has 2 aliphatic heterocycles. The predicted molar refractivity (Wildman–Crippen MR) is 90.4 cm³/mol. The minimum atomic E-state index is 0.321. The van der Waals surface area contributed by atoms with Crippen LogP contribution in [0.4, 0.5) is 5.69 Å². The fourth-order valence-corrected chi connectivity index (χ4v) is 3.44. The van der Waals surface area contributed by atoms with Crippen LogP contribution < -0.4 is 15.8 Å². The first-order chi connectivity index (χ1) is 10.8. The number of hydrogen-bond acceptors (Lipinski definition) is 3. The average molecular weight is 291 g/mol. The highest BCUT2D eigenvalue weighted by Gasteiger charge is 2.39. The van der Waals surface area contributed by atoms with E-state index in [0.717, 1.165) is 13.1 Å². The Labute approximate surface area is 131 Å². The standard InChI is InChI=1S/C19H21N3/c1-14-7-9-15(10-8-14)19-17-13-20-12-11-18(17)21-22(19)16-5-3-2-4-6-16/h2-11,17,19-21H,12-13H2,1H3. The molecule has 0 aromatic heterocycles. The summed E-state index contributed by atoms with van der Waals surface area (Å²) in [5.74, 6) is 0.469. The Kier molecular flexibility index (Phi) is 3.35. The lowest BCUT2D eigenvalue weighted by atomic mass is 9.89. The summed E-state index contributed by atoms with van der Waals surface area (Å²) < 4.78 is 0. The molecule has 3 nitrogen and oxygen atoms in total. The van der Waals surface area contributed by atoms with Gasteiger partial charge in [-0.15, -0.1) is 0 Å². The average Bonchev–Trinajstić information content (AvgIpc) is 2.96. The number of hydrogen-bond donors (Lipinski definition) is 2. The van der Waals surface area contributed by atoms with E-state index in [1.807, 2.05) is 0 Å². The van der Waals surface area contributed by atoms with Gasteiger partial charge in [0.2, 0.25) is 0 Å². The Hall–Kier alpha value is -2.26. The van der Waals surface area contributed by atoms with Gasteiger partial charge in [0, 0.05) is 24.7 Å². The zero-order valence-corrected chi connectivity index (χ0v) is 12.8. The van der Waals surface area contributed by atoms with E-state index in [4.69, 9.17) is 0 Å². The Morgan fingerprint density at radius 3 is 2.55 bits per heavy atom. The van der Waals surface area contributed by atoms with Crippen molar-refractivity contribution in [3.05, 3.63) is 77.5 Å². The number of nitrogens with one attached hydrogen (secondary N) is 2. The van der Waals surface area contributed by atoms with E-state index in [9.17, 15) is 0 Å². The summed E-state index contributed by atoms with van der Waals surface area (Å²) in [6.07, 6.45) is 2.28. The van der Waals surface area contributed by atoms with Gasteiger partial charge in [-0.3, -0.25) is 5.01 Å². The molecular formula is C19H21N3. The molecule has 0 radical (unpaired) electrons. The highest BCUT2D eigenvalue weighted by Crippen LogP contribution is 2.40. The second-order valence-corrected chi connectivity index (χ2v) is 6.10. The van der Waals surface area contributed by atoms with Gasteiger partial charge in [-0.05, 0) is 30.7 Å². The van der Waals surface area contributed by atoms with E-state index in [0.29, 0.717) is 12.0 Å². The van der Waals surface area contributed by atoms with E-state index < -0.39 is 0 Å². The third-order valence-electron chi connectivity index (χ3n) is 4.59. The number of hydrazine groups is 1. The topological polar surface area (TPSA) is 27.3 Å². The lowest BCUT2D eigenvalue weighted by Gasteiger charge is -2.29. The Balaban J connectivity index is 1.77. The maximum atomic E-state index is 3.63. The molecule has 2 aliphatic rings. The van der Waals surface area contributed by atoms with Crippen LogP contribution in [0.25, 0.3) is 0 Å². The molecular weight excluding hydrogens is 270 g/mol. The van der Waals surface area contributed by atoms with Crippen molar-refractivity contribution in [3.8, 4) is 0 Å². The molecule has 2 aromatic carbocycles. The molecule has 4 rings (SSSR count). The minimum Gasteiger partial charge on any atom is -0.312 e. The van der Waals surface area contributed by atoms with Gasteiger partial charge in [-0.2, -0.15) is 0 Å². The van der Waals surface area contributed by atoms with Crippen LogP contribution in [-0.2, 0) is 0 Å². The van der Waals surface area contributed by atoms with Crippen molar-refractivity contribution >= 4 is 5.69 Å². The molecule has 0 bridgehead atoms. The van der Waals surface area contributed by atoms with Crippen LogP contribution in [0.5, 0.6) is 0 Å². The molecule has 0 aliphatic carbocycles. The third-order valence-corrected chi connectivity index (χ3v) is 4.59. The van der Waals surface area contributed by atoms with Gasteiger partial charge >= 0.3 is 0 Å². The highest BCUT2D eigenvalue weighted by atomic mass is 15.6. The Morgan fingerprint density at radius 2 is 1.77 bits per heavy atom. The Morgan fingerprint density at radius 1 is 1.00 bits per heavy atom. The summed E-state index contributed by atoms with van der Waals surface area (Å²) in [5.41, 5.74) is 8.84. The van der Waals surface area contributed by atoms with Crippen molar-refractivity contribution in [2.45, 2.75) is 13.0 Å². The maximum Gasteiger partial charge on any atom is 0.0849 e. The zero-order chi connectivity index (χ0) is 14.9. The van der Waals surface area contributed by atoms with Crippen LogP contribution in [-0.4, -0.2) is 13.1 Å². The molecule has 3 heteroatoms. The fraction of sp³-hybridized carbons (Fsp3) is 0.263. The van der Waals surface area contributed by atoms with Crippen molar-refractivity contribution in [1.82, 2.24) is 10.7 Å². The Bertz CT molecular complexity index is 676. The number of aryl methyl sites for hydroxylation is 1. The van der Waals surface area contributed by atoms with Crippen LogP contribution in [0.15, 0.2) is 66.4 Å². The van der Waals surface area contributed by atoms with Crippen LogP contribution >= 0.6 is 0 Å². The largest absolute Gasteiger partial charge is 0.312 e. The highest BCUT2D eigenvalue weighted by molar-refractivity contribution is 5.52. The number of nitrogens with zero attached hydrogens (tertiary/aromatic N) is 1. The predicted octanol–water partition coefficient (Wildman–Crippen LogP) is 3.16. The first kappa shape index (κ1) is 13.4. The number of para-hydroxylation sites is 1. The summed E-state index contributed by atoms with van der Waals surface area (Å²) in [6.45, 7) is 4.10. The lowest BCUT2D eigenvalue weighted by molar-refractivity contribution is 0.485. The van der Waals surface area contributed by atoms with Gasteiger partial charge in [0.1, 0.15) is 0 Å². The number of anilines is 1. The second-order valence-electron chi connectivity index (χ2n) is 6.10. The molecule has 22 heavy (non-hydrogen) atoms. The molecule has 2 aromatic rings. The lowest BCUT2D eigenvalue weighted by Crippen LogP contribution is -2.33. The summed E-state index contributed by atoms with van der Waals surface area (Å²) in [5, 5.41) is 5.81. The van der Waals surface area contributed by atoms with E-state index in [-0.39, 0.29) is 0 Å². The number of fused-ring (bicyclic) bond motifs is 1. The van der Waals surface area contributed by atoms with Gasteiger partial charge in [-0.1, -0.05) is 48.0 Å². The van der Waals surface area contributed by atoms with E-state index >= 15 is 0 Å². The molecule has 2 N–H and O–H groups in total. The second kappa shape index (κ2) is 5.50. The van der Waals surface area contributed by atoms with E-state index in [1.165, 1.54) is 22.5 Å². The summed E-state index contributed by atoms with van der Waals surface area (Å²) >= 11 is 0. The normalized spacial score (nSPS) is 23.7. The zero-order valence-electron chi connectivity index (χ0n) is 12.8. The first-order valence-corrected chi connectivity index (χ1v) is 7.91. The van der Waals surface area contributed by atoms with Crippen molar-refractivity contribution in [3.63, 3.8) is 0 Å².